The third-order valence-electron chi connectivity index (χ3n) is 9.32. The Bertz CT molecular complexity index is 2760. The predicted molar refractivity (Wildman–Crippen MR) is 188 cm³/mol. The first-order chi connectivity index (χ1) is 22.4. The van der Waals surface area contributed by atoms with Crippen molar-refractivity contribution in [2.24, 2.45) is 0 Å². The van der Waals surface area contributed by atoms with Crippen LogP contribution in [0, 0.1) is 0 Å². The lowest BCUT2D eigenvalue weighted by Crippen LogP contribution is -1.96. The number of hydrogen-bond donors (Lipinski definition) is 0. The highest BCUT2D eigenvalue weighted by molar-refractivity contribution is 6.22. The molecule has 0 bridgehead atoms. The minimum absolute atomic E-state index is 0.910. The fraction of sp³-hybridized carbons (Fsp3) is 0. The zero-order chi connectivity index (χ0) is 29.5. The Labute approximate surface area is 258 Å². The van der Waals surface area contributed by atoms with Gasteiger partial charge < -0.3 is 13.6 Å². The van der Waals surface area contributed by atoms with E-state index >= 15 is 0 Å². The van der Waals surface area contributed by atoms with Crippen LogP contribution in [0.3, 0.4) is 0 Å². The highest BCUT2D eigenvalue weighted by Gasteiger charge is 2.22. The molecule has 3 nitrogen and oxygen atoms in total. The van der Waals surface area contributed by atoms with Crippen LogP contribution in [0.15, 0.2) is 162 Å². The van der Waals surface area contributed by atoms with E-state index in [0.29, 0.717) is 0 Å². The van der Waals surface area contributed by atoms with E-state index in [1.165, 1.54) is 60.4 Å². The van der Waals surface area contributed by atoms with Gasteiger partial charge in [0.2, 0.25) is 0 Å². The molecule has 0 aliphatic rings. The molecule has 0 spiro atoms. The third kappa shape index (κ3) is 3.35. The first-order valence-corrected chi connectivity index (χ1v) is 15.4. The summed E-state index contributed by atoms with van der Waals surface area (Å²) in [4.78, 5) is 0. The third-order valence-corrected chi connectivity index (χ3v) is 9.32. The van der Waals surface area contributed by atoms with Gasteiger partial charge in [-0.3, -0.25) is 0 Å². The number of fused-ring (bicyclic) bond motifs is 9. The molecule has 45 heavy (non-hydrogen) atoms. The van der Waals surface area contributed by atoms with E-state index < -0.39 is 0 Å². The van der Waals surface area contributed by atoms with Crippen LogP contribution < -0.4 is 0 Å². The molecule has 3 heteroatoms. The summed E-state index contributed by atoms with van der Waals surface area (Å²) < 4.78 is 11.2. The van der Waals surface area contributed by atoms with Crippen LogP contribution in [0.25, 0.3) is 88.1 Å². The van der Waals surface area contributed by atoms with Gasteiger partial charge in [0.1, 0.15) is 11.2 Å². The average Bonchev–Trinajstić information content (AvgIpc) is 3.76. The maximum Gasteiger partial charge on any atom is 0.136 e. The molecule has 0 radical (unpaired) electrons. The van der Waals surface area contributed by atoms with Crippen molar-refractivity contribution >= 4 is 65.6 Å². The molecule has 0 N–H and O–H groups in total. The van der Waals surface area contributed by atoms with Crippen LogP contribution >= 0.6 is 0 Å². The molecule has 10 aromatic rings. The van der Waals surface area contributed by atoms with Gasteiger partial charge in [-0.15, -0.1) is 0 Å². The number of furan rings is 1. The van der Waals surface area contributed by atoms with Gasteiger partial charge in [0.05, 0.1) is 27.8 Å². The van der Waals surface area contributed by atoms with Crippen molar-refractivity contribution in [1.29, 1.82) is 0 Å². The molecule has 0 saturated heterocycles. The van der Waals surface area contributed by atoms with E-state index in [4.69, 9.17) is 4.42 Å². The second-order valence-corrected chi connectivity index (χ2v) is 11.7. The van der Waals surface area contributed by atoms with E-state index in [2.05, 4.69) is 161 Å². The molecule has 7 aromatic carbocycles. The highest BCUT2D eigenvalue weighted by atomic mass is 16.3. The maximum absolute atomic E-state index is 6.31. The van der Waals surface area contributed by atoms with Crippen molar-refractivity contribution < 1.29 is 4.42 Å². The number of nitrogens with zero attached hydrogens (tertiary/aromatic N) is 2. The van der Waals surface area contributed by atoms with Crippen molar-refractivity contribution in [3.8, 4) is 22.5 Å². The van der Waals surface area contributed by atoms with Crippen LogP contribution in [-0.4, -0.2) is 9.13 Å². The molecule has 0 saturated carbocycles. The van der Waals surface area contributed by atoms with Gasteiger partial charge in [0.25, 0.3) is 0 Å². The molecule has 0 unspecified atom stereocenters. The minimum Gasteiger partial charge on any atom is -0.456 e. The van der Waals surface area contributed by atoms with Crippen molar-refractivity contribution in [2.75, 3.05) is 0 Å². The number of rotatable bonds is 3. The summed E-state index contributed by atoms with van der Waals surface area (Å²) >= 11 is 0. The second-order valence-electron chi connectivity index (χ2n) is 11.7. The molecule has 0 aliphatic carbocycles. The van der Waals surface area contributed by atoms with Crippen molar-refractivity contribution in [2.45, 2.75) is 0 Å². The fourth-order valence-corrected chi connectivity index (χ4v) is 7.54. The summed E-state index contributed by atoms with van der Waals surface area (Å²) in [5, 5.41) is 7.26. The molecule has 3 heterocycles. The lowest BCUT2D eigenvalue weighted by Gasteiger charge is -2.12. The maximum atomic E-state index is 6.31. The molecule has 10 rings (SSSR count). The second kappa shape index (κ2) is 9.22. The fourth-order valence-electron chi connectivity index (χ4n) is 7.54. The first-order valence-electron chi connectivity index (χ1n) is 15.4. The Morgan fingerprint density at radius 2 is 0.867 bits per heavy atom. The van der Waals surface area contributed by atoms with Crippen molar-refractivity contribution in [1.82, 2.24) is 9.13 Å². The van der Waals surface area contributed by atoms with E-state index in [9.17, 15) is 0 Å². The topological polar surface area (TPSA) is 23.0 Å². The van der Waals surface area contributed by atoms with Crippen molar-refractivity contribution in [3.63, 3.8) is 0 Å². The van der Waals surface area contributed by atoms with Crippen LogP contribution in [0.1, 0.15) is 0 Å². The zero-order valence-electron chi connectivity index (χ0n) is 24.3. The SMILES string of the molecule is c1ccc(-n2c3ccccc3c3c(-n4c5ccccc5c5c(-c6cccc7oc8ccccc8c67)cccc54)cccc32)cc1. The Morgan fingerprint density at radius 3 is 1.67 bits per heavy atom. The molecule has 210 valence electrons. The molecule has 0 atom stereocenters. The Balaban J connectivity index is 1.35. The standard InChI is InChI=1S/C42H26N2O/c1-2-13-27(14-3-1)43-33-20-7-5-16-31(33)42-36(43)23-12-24-37(42)44-34-21-8-4-15-30(34)40-28(18-10-22-35(40)44)29-19-11-26-39-41(29)32-17-6-9-25-38(32)45-39/h1-26H. The summed E-state index contributed by atoms with van der Waals surface area (Å²) in [7, 11) is 0. The average molecular weight is 575 g/mol. The van der Waals surface area contributed by atoms with E-state index in [1.807, 2.05) is 6.07 Å². The Hall–Kier alpha value is -6.06. The number of aromatic nitrogens is 2. The first kappa shape index (κ1) is 24.4. The molecule has 0 amide bonds. The Kier molecular flexibility index (Phi) is 5.00. The Morgan fingerprint density at radius 1 is 0.333 bits per heavy atom. The number of benzene rings is 7. The summed E-state index contributed by atoms with van der Waals surface area (Å²) in [6.45, 7) is 0. The van der Waals surface area contributed by atoms with Crippen LogP contribution in [-0.2, 0) is 0 Å². The summed E-state index contributed by atoms with van der Waals surface area (Å²) in [6.07, 6.45) is 0. The summed E-state index contributed by atoms with van der Waals surface area (Å²) in [5.74, 6) is 0. The van der Waals surface area contributed by atoms with Crippen LogP contribution in [0.4, 0.5) is 0 Å². The van der Waals surface area contributed by atoms with Gasteiger partial charge in [0, 0.05) is 38.0 Å². The van der Waals surface area contributed by atoms with Crippen LogP contribution in [0.5, 0.6) is 0 Å². The van der Waals surface area contributed by atoms with Crippen molar-refractivity contribution in [3.05, 3.63) is 158 Å². The van der Waals surface area contributed by atoms with Gasteiger partial charge in [-0.2, -0.15) is 0 Å². The molecule has 3 aromatic heterocycles. The monoisotopic (exact) mass is 574 g/mol. The molecule has 0 aliphatic heterocycles. The van der Waals surface area contributed by atoms with Gasteiger partial charge in [-0.05, 0) is 65.7 Å². The number of hydrogen-bond acceptors (Lipinski definition) is 1. The minimum atomic E-state index is 0.910. The quantitative estimate of drug-likeness (QED) is 0.206. The van der Waals surface area contributed by atoms with Gasteiger partial charge in [0.15, 0.2) is 0 Å². The zero-order valence-corrected chi connectivity index (χ0v) is 24.3. The highest BCUT2D eigenvalue weighted by Crippen LogP contribution is 2.44. The predicted octanol–water partition coefficient (Wildman–Crippen LogP) is 11.4. The lowest BCUT2D eigenvalue weighted by molar-refractivity contribution is 0.669. The number of para-hydroxylation sites is 4. The summed E-state index contributed by atoms with van der Waals surface area (Å²) in [6, 6.07) is 56.4. The summed E-state index contributed by atoms with van der Waals surface area (Å²) in [5.41, 5.74) is 11.3. The molecular formula is C42H26N2O. The molecular weight excluding hydrogens is 548 g/mol. The van der Waals surface area contributed by atoms with E-state index in [0.717, 1.165) is 27.6 Å². The lowest BCUT2D eigenvalue weighted by atomic mass is 9.95. The smallest absolute Gasteiger partial charge is 0.136 e. The van der Waals surface area contributed by atoms with Gasteiger partial charge in [-0.25, -0.2) is 0 Å². The normalized spacial score (nSPS) is 12.0. The van der Waals surface area contributed by atoms with Crippen LogP contribution in [0.2, 0.25) is 0 Å². The van der Waals surface area contributed by atoms with E-state index in [-0.39, 0.29) is 0 Å². The van der Waals surface area contributed by atoms with E-state index in [1.54, 1.807) is 0 Å². The van der Waals surface area contributed by atoms with Gasteiger partial charge >= 0.3 is 0 Å². The molecule has 0 fully saturated rings. The largest absolute Gasteiger partial charge is 0.456 e. The van der Waals surface area contributed by atoms with Gasteiger partial charge in [-0.1, -0.05) is 103 Å².